The van der Waals surface area contributed by atoms with E-state index in [4.69, 9.17) is 14.2 Å². The molecule has 1 heterocycles. The second-order valence-electron chi connectivity index (χ2n) is 8.88. The molecule has 0 aromatic heterocycles. The van der Waals surface area contributed by atoms with Crippen molar-refractivity contribution in [3.05, 3.63) is 23.8 Å². The predicted octanol–water partition coefficient (Wildman–Crippen LogP) is 2.97. The van der Waals surface area contributed by atoms with Crippen molar-refractivity contribution in [2.75, 3.05) is 27.8 Å². The van der Waals surface area contributed by atoms with Crippen molar-refractivity contribution in [2.24, 2.45) is 5.92 Å². The van der Waals surface area contributed by atoms with Crippen molar-refractivity contribution >= 4 is 11.8 Å². The van der Waals surface area contributed by atoms with Gasteiger partial charge in [-0.3, -0.25) is 9.59 Å². The number of methoxy groups -OCH3 is 2. The Bertz CT molecular complexity index is 769. The SMILES string of the molecule is COc1ccc(C23CCC(=O)C(C(=O)OC(C)(C)C)C2N(C)CC3)cc1OC. The third kappa shape index (κ3) is 3.50. The lowest BCUT2D eigenvalue weighted by molar-refractivity contribution is -0.166. The summed E-state index contributed by atoms with van der Waals surface area (Å²) in [5.74, 6) is 0.119. The molecule has 1 aromatic carbocycles. The van der Waals surface area contributed by atoms with Gasteiger partial charge < -0.3 is 19.1 Å². The highest BCUT2D eigenvalue weighted by Gasteiger charge is 2.58. The average Bonchev–Trinajstić information content (AvgIpc) is 2.97. The number of hydrogen-bond donors (Lipinski definition) is 0. The molecule has 0 bridgehead atoms. The summed E-state index contributed by atoms with van der Waals surface area (Å²) in [6.45, 7) is 6.32. The Morgan fingerprint density at radius 1 is 1.14 bits per heavy atom. The van der Waals surface area contributed by atoms with E-state index in [0.717, 1.165) is 24.9 Å². The Hall–Kier alpha value is -2.08. The van der Waals surface area contributed by atoms with Gasteiger partial charge in [-0.05, 0) is 64.9 Å². The second-order valence-corrected chi connectivity index (χ2v) is 8.88. The first kappa shape index (κ1) is 20.6. The first-order valence-electron chi connectivity index (χ1n) is 9.81. The maximum absolute atomic E-state index is 13.0. The van der Waals surface area contributed by atoms with Gasteiger partial charge in [-0.2, -0.15) is 0 Å². The van der Waals surface area contributed by atoms with Gasteiger partial charge in [-0.1, -0.05) is 6.07 Å². The molecule has 28 heavy (non-hydrogen) atoms. The van der Waals surface area contributed by atoms with Crippen molar-refractivity contribution < 1.29 is 23.8 Å². The summed E-state index contributed by atoms with van der Waals surface area (Å²) in [5.41, 5.74) is 0.169. The molecule has 1 saturated heterocycles. The molecular weight excluding hydrogens is 358 g/mol. The molecule has 3 atom stereocenters. The number of rotatable bonds is 4. The van der Waals surface area contributed by atoms with Crippen LogP contribution in [0.2, 0.25) is 0 Å². The fourth-order valence-electron chi connectivity index (χ4n) is 4.84. The molecule has 6 nitrogen and oxygen atoms in total. The zero-order valence-electron chi connectivity index (χ0n) is 17.7. The van der Waals surface area contributed by atoms with E-state index in [1.54, 1.807) is 14.2 Å². The first-order chi connectivity index (χ1) is 13.1. The topological polar surface area (TPSA) is 65.1 Å². The van der Waals surface area contributed by atoms with Crippen molar-refractivity contribution in [1.29, 1.82) is 0 Å². The molecule has 2 aliphatic rings. The quantitative estimate of drug-likeness (QED) is 0.583. The minimum atomic E-state index is -0.770. The van der Waals surface area contributed by atoms with Crippen LogP contribution in [-0.2, 0) is 19.7 Å². The number of nitrogens with zero attached hydrogens (tertiary/aromatic N) is 1. The number of esters is 1. The van der Waals surface area contributed by atoms with Crippen LogP contribution in [0.1, 0.15) is 45.6 Å². The van der Waals surface area contributed by atoms with Gasteiger partial charge >= 0.3 is 5.97 Å². The van der Waals surface area contributed by atoms with Gasteiger partial charge in [0.05, 0.1) is 14.2 Å². The molecule has 1 aliphatic heterocycles. The standard InChI is InChI=1S/C22H31NO5/c1-21(2,3)28-20(25)18-15(24)9-10-22(11-12-23(4)19(18)22)14-7-8-16(26-5)17(13-14)27-6/h7-8,13,18-19H,9-12H2,1-6H3. The Morgan fingerprint density at radius 2 is 1.82 bits per heavy atom. The third-order valence-corrected chi connectivity index (χ3v) is 6.05. The third-order valence-electron chi connectivity index (χ3n) is 6.05. The van der Waals surface area contributed by atoms with Gasteiger partial charge in [0.25, 0.3) is 0 Å². The predicted molar refractivity (Wildman–Crippen MR) is 106 cm³/mol. The normalized spacial score (nSPS) is 28.0. The Balaban J connectivity index is 2.05. The highest BCUT2D eigenvalue weighted by molar-refractivity contribution is 6.01. The van der Waals surface area contributed by atoms with Gasteiger partial charge in [-0.15, -0.1) is 0 Å². The zero-order valence-corrected chi connectivity index (χ0v) is 17.7. The minimum absolute atomic E-state index is 0.0240. The number of fused-ring (bicyclic) bond motifs is 1. The summed E-state index contributed by atoms with van der Waals surface area (Å²) in [6, 6.07) is 5.71. The Morgan fingerprint density at radius 3 is 2.43 bits per heavy atom. The molecule has 0 radical (unpaired) electrons. The van der Waals surface area contributed by atoms with Gasteiger partial charge in [0.15, 0.2) is 11.5 Å². The summed E-state index contributed by atoms with van der Waals surface area (Å²) in [4.78, 5) is 28.0. The molecule has 3 unspecified atom stereocenters. The van der Waals surface area contributed by atoms with Gasteiger partial charge in [-0.25, -0.2) is 0 Å². The number of carbonyl (C=O) groups is 2. The van der Waals surface area contributed by atoms with E-state index in [1.165, 1.54) is 0 Å². The van der Waals surface area contributed by atoms with Crippen LogP contribution >= 0.6 is 0 Å². The fourth-order valence-corrected chi connectivity index (χ4v) is 4.84. The molecule has 0 spiro atoms. The maximum Gasteiger partial charge on any atom is 0.318 e. The highest BCUT2D eigenvalue weighted by Crippen LogP contribution is 2.51. The van der Waals surface area contributed by atoms with Crippen molar-refractivity contribution in [3.8, 4) is 11.5 Å². The van der Waals surface area contributed by atoms with E-state index in [2.05, 4.69) is 4.90 Å². The molecule has 154 valence electrons. The lowest BCUT2D eigenvalue weighted by Crippen LogP contribution is -2.56. The van der Waals surface area contributed by atoms with E-state index < -0.39 is 17.5 Å². The average molecular weight is 389 g/mol. The minimum Gasteiger partial charge on any atom is -0.493 e. The Kier molecular flexibility index (Phi) is 5.45. The summed E-state index contributed by atoms with van der Waals surface area (Å²) in [6.07, 6.45) is 1.98. The van der Waals surface area contributed by atoms with E-state index in [-0.39, 0.29) is 17.2 Å². The van der Waals surface area contributed by atoms with Crippen molar-refractivity contribution in [2.45, 2.75) is 57.1 Å². The van der Waals surface area contributed by atoms with Crippen LogP contribution in [0, 0.1) is 5.92 Å². The molecule has 1 aliphatic carbocycles. The fraction of sp³-hybridized carbons (Fsp3) is 0.636. The van der Waals surface area contributed by atoms with Crippen molar-refractivity contribution in [1.82, 2.24) is 4.90 Å². The summed E-state index contributed by atoms with van der Waals surface area (Å²) < 4.78 is 16.5. The monoisotopic (exact) mass is 389 g/mol. The van der Waals surface area contributed by atoms with Crippen LogP contribution in [0.25, 0.3) is 0 Å². The van der Waals surface area contributed by atoms with Crippen LogP contribution < -0.4 is 9.47 Å². The first-order valence-corrected chi connectivity index (χ1v) is 9.81. The highest BCUT2D eigenvalue weighted by atomic mass is 16.6. The number of ketones is 1. The number of benzene rings is 1. The van der Waals surface area contributed by atoms with E-state index in [0.29, 0.717) is 17.9 Å². The molecule has 2 fully saturated rings. The number of likely N-dealkylation sites (tertiary alicyclic amines) is 1. The van der Waals surface area contributed by atoms with Crippen LogP contribution in [0.15, 0.2) is 18.2 Å². The Labute approximate surface area is 167 Å². The molecule has 1 saturated carbocycles. The van der Waals surface area contributed by atoms with E-state index >= 15 is 0 Å². The van der Waals surface area contributed by atoms with Crippen molar-refractivity contribution in [3.63, 3.8) is 0 Å². The summed E-state index contributed by atoms with van der Waals surface area (Å²) >= 11 is 0. The second kappa shape index (κ2) is 7.39. The maximum atomic E-state index is 13.0. The van der Waals surface area contributed by atoms with E-state index in [9.17, 15) is 9.59 Å². The number of carbonyl (C=O) groups excluding carboxylic acids is 2. The number of ether oxygens (including phenoxy) is 3. The number of likely N-dealkylation sites (N-methyl/N-ethyl adjacent to an activating group) is 1. The van der Waals surface area contributed by atoms with Crippen LogP contribution in [-0.4, -0.2) is 56.1 Å². The molecular formula is C22H31NO5. The van der Waals surface area contributed by atoms with Gasteiger partial charge in [0.2, 0.25) is 0 Å². The molecule has 3 rings (SSSR count). The van der Waals surface area contributed by atoms with Crippen LogP contribution in [0.3, 0.4) is 0 Å². The molecule has 0 N–H and O–H groups in total. The zero-order chi connectivity index (χ0) is 20.7. The molecule has 0 amide bonds. The van der Waals surface area contributed by atoms with E-state index in [1.807, 2.05) is 46.0 Å². The van der Waals surface area contributed by atoms with Gasteiger partial charge in [0, 0.05) is 17.9 Å². The summed E-state index contributed by atoms with van der Waals surface area (Å²) in [7, 11) is 5.22. The van der Waals surface area contributed by atoms with Gasteiger partial charge in [0.1, 0.15) is 17.3 Å². The number of Topliss-reactive ketones (excluding diaryl/α,β-unsaturated/α-hetero) is 1. The largest absolute Gasteiger partial charge is 0.493 e. The lowest BCUT2D eigenvalue weighted by atomic mass is 9.62. The molecule has 6 heteroatoms. The van der Waals surface area contributed by atoms with Crippen LogP contribution in [0.4, 0.5) is 0 Å². The lowest BCUT2D eigenvalue weighted by Gasteiger charge is -2.45. The smallest absolute Gasteiger partial charge is 0.318 e. The number of hydrogen-bond acceptors (Lipinski definition) is 6. The summed E-state index contributed by atoms with van der Waals surface area (Å²) in [5, 5.41) is 0. The van der Waals surface area contributed by atoms with Crippen LogP contribution in [0.5, 0.6) is 11.5 Å². The molecule has 1 aromatic rings.